The number of hydrogen-bond donors (Lipinski definition) is 1. The fraction of sp³-hybridized carbons (Fsp3) is 0.923. The lowest BCUT2D eigenvalue weighted by molar-refractivity contribution is -0.129. The highest BCUT2D eigenvalue weighted by atomic mass is 32.2. The molecule has 19 heavy (non-hydrogen) atoms. The molecule has 1 fully saturated rings. The van der Waals surface area contributed by atoms with Crippen molar-refractivity contribution in [1.82, 2.24) is 10.2 Å². The van der Waals surface area contributed by atoms with Crippen LogP contribution in [-0.2, 0) is 14.6 Å². The van der Waals surface area contributed by atoms with Crippen molar-refractivity contribution in [2.75, 3.05) is 31.6 Å². The Morgan fingerprint density at radius 1 is 1.37 bits per heavy atom. The van der Waals surface area contributed by atoms with Crippen molar-refractivity contribution in [2.45, 2.75) is 45.1 Å². The summed E-state index contributed by atoms with van der Waals surface area (Å²) in [4.78, 5) is 13.8. The lowest BCUT2D eigenvalue weighted by Crippen LogP contribution is -2.43. The SMILES string of the molecule is CCCCCS(=O)(=O)CC(=O)N1CCCC1CNC. The van der Waals surface area contributed by atoms with E-state index < -0.39 is 9.84 Å². The van der Waals surface area contributed by atoms with E-state index in [-0.39, 0.29) is 23.5 Å². The molecule has 0 aliphatic carbocycles. The molecule has 1 aliphatic rings. The largest absolute Gasteiger partial charge is 0.338 e. The third kappa shape index (κ3) is 5.48. The van der Waals surface area contributed by atoms with E-state index in [2.05, 4.69) is 5.32 Å². The number of nitrogens with zero attached hydrogens (tertiary/aromatic N) is 1. The zero-order chi connectivity index (χ0) is 14.3. The minimum atomic E-state index is -3.24. The van der Waals surface area contributed by atoms with Crippen LogP contribution in [0.2, 0.25) is 0 Å². The monoisotopic (exact) mass is 290 g/mol. The lowest BCUT2D eigenvalue weighted by atomic mass is 10.2. The first-order chi connectivity index (χ1) is 9.00. The van der Waals surface area contributed by atoms with Gasteiger partial charge >= 0.3 is 0 Å². The molecule has 1 unspecified atom stereocenters. The minimum absolute atomic E-state index is 0.136. The molecule has 1 N–H and O–H groups in total. The van der Waals surface area contributed by atoms with Gasteiger partial charge in [-0.25, -0.2) is 8.42 Å². The van der Waals surface area contributed by atoms with Gasteiger partial charge in [0.2, 0.25) is 5.91 Å². The summed E-state index contributed by atoms with van der Waals surface area (Å²) < 4.78 is 23.7. The van der Waals surface area contributed by atoms with Gasteiger partial charge in [-0.05, 0) is 26.3 Å². The van der Waals surface area contributed by atoms with E-state index in [1.165, 1.54) is 0 Å². The average molecular weight is 290 g/mol. The fourth-order valence-electron chi connectivity index (χ4n) is 2.53. The molecule has 1 aliphatic heterocycles. The summed E-state index contributed by atoms with van der Waals surface area (Å²) in [5.41, 5.74) is 0. The number of unbranched alkanes of at least 4 members (excludes halogenated alkanes) is 2. The molecule has 0 aromatic rings. The highest BCUT2D eigenvalue weighted by Crippen LogP contribution is 2.17. The zero-order valence-electron chi connectivity index (χ0n) is 12.0. The Kier molecular flexibility index (Phi) is 6.79. The highest BCUT2D eigenvalue weighted by Gasteiger charge is 2.30. The molecular weight excluding hydrogens is 264 g/mol. The van der Waals surface area contributed by atoms with Crippen LogP contribution in [0.4, 0.5) is 0 Å². The molecule has 1 atom stereocenters. The van der Waals surface area contributed by atoms with Gasteiger partial charge in [0.05, 0.1) is 5.75 Å². The van der Waals surface area contributed by atoms with E-state index in [4.69, 9.17) is 0 Å². The van der Waals surface area contributed by atoms with E-state index in [0.29, 0.717) is 13.0 Å². The van der Waals surface area contributed by atoms with Crippen LogP contribution in [0.3, 0.4) is 0 Å². The molecule has 0 saturated carbocycles. The maximum Gasteiger partial charge on any atom is 0.238 e. The number of carbonyl (C=O) groups is 1. The number of carbonyl (C=O) groups excluding carboxylic acids is 1. The summed E-state index contributed by atoms with van der Waals surface area (Å²) >= 11 is 0. The normalized spacial score (nSPS) is 19.9. The second-order valence-electron chi connectivity index (χ2n) is 5.24. The average Bonchev–Trinajstić information content (AvgIpc) is 2.77. The van der Waals surface area contributed by atoms with E-state index in [1.54, 1.807) is 4.90 Å². The molecule has 0 radical (unpaired) electrons. The smallest absolute Gasteiger partial charge is 0.238 e. The summed E-state index contributed by atoms with van der Waals surface area (Å²) in [5.74, 6) is -0.414. The Hall–Kier alpha value is -0.620. The Labute approximate surface area is 116 Å². The quantitative estimate of drug-likeness (QED) is 0.672. The molecule has 0 bridgehead atoms. The Morgan fingerprint density at radius 3 is 2.74 bits per heavy atom. The first-order valence-electron chi connectivity index (χ1n) is 7.14. The lowest BCUT2D eigenvalue weighted by Gasteiger charge is -2.24. The van der Waals surface area contributed by atoms with Gasteiger partial charge < -0.3 is 10.2 Å². The van der Waals surface area contributed by atoms with Crippen LogP contribution in [-0.4, -0.2) is 56.9 Å². The summed E-state index contributed by atoms with van der Waals surface area (Å²) in [5, 5.41) is 3.06. The van der Waals surface area contributed by atoms with Crippen molar-refractivity contribution in [3.05, 3.63) is 0 Å². The Balaban J connectivity index is 2.49. The third-order valence-corrected chi connectivity index (χ3v) is 5.14. The van der Waals surface area contributed by atoms with Crippen LogP contribution in [0.1, 0.15) is 39.0 Å². The summed E-state index contributed by atoms with van der Waals surface area (Å²) in [6, 6.07) is 0.156. The van der Waals surface area contributed by atoms with Crippen LogP contribution in [0.25, 0.3) is 0 Å². The van der Waals surface area contributed by atoms with Crippen LogP contribution in [0, 0.1) is 0 Å². The molecule has 1 heterocycles. The van der Waals surface area contributed by atoms with E-state index in [9.17, 15) is 13.2 Å². The van der Waals surface area contributed by atoms with Gasteiger partial charge in [0.25, 0.3) is 0 Å². The molecule has 1 amide bonds. The number of sulfone groups is 1. The van der Waals surface area contributed by atoms with Crippen molar-refractivity contribution in [2.24, 2.45) is 0 Å². The predicted molar refractivity (Wildman–Crippen MR) is 76.8 cm³/mol. The fourth-order valence-corrected chi connectivity index (χ4v) is 3.86. The van der Waals surface area contributed by atoms with Gasteiger partial charge in [-0.15, -0.1) is 0 Å². The van der Waals surface area contributed by atoms with Gasteiger partial charge in [-0.1, -0.05) is 19.8 Å². The second kappa shape index (κ2) is 7.85. The maximum absolute atomic E-state index is 12.1. The van der Waals surface area contributed by atoms with Crippen molar-refractivity contribution in [3.8, 4) is 0 Å². The first-order valence-corrected chi connectivity index (χ1v) is 8.96. The number of rotatable bonds is 8. The third-order valence-electron chi connectivity index (χ3n) is 3.54. The van der Waals surface area contributed by atoms with E-state index >= 15 is 0 Å². The van der Waals surface area contributed by atoms with Crippen LogP contribution in [0.15, 0.2) is 0 Å². The molecule has 1 saturated heterocycles. The summed E-state index contributed by atoms with van der Waals surface area (Å²) in [6.45, 7) is 3.46. The Morgan fingerprint density at radius 2 is 2.11 bits per heavy atom. The maximum atomic E-state index is 12.1. The highest BCUT2D eigenvalue weighted by molar-refractivity contribution is 7.92. The van der Waals surface area contributed by atoms with Gasteiger partial charge in [0.1, 0.15) is 5.75 Å². The van der Waals surface area contributed by atoms with E-state index in [1.807, 2.05) is 14.0 Å². The molecule has 0 aromatic heterocycles. The second-order valence-corrected chi connectivity index (χ2v) is 7.42. The topological polar surface area (TPSA) is 66.5 Å². The number of nitrogens with one attached hydrogen (secondary N) is 1. The predicted octanol–water partition coefficient (Wildman–Crippen LogP) is 0.802. The molecule has 112 valence electrons. The number of likely N-dealkylation sites (N-methyl/N-ethyl adjacent to an activating group) is 1. The van der Waals surface area contributed by atoms with Crippen LogP contribution < -0.4 is 5.32 Å². The van der Waals surface area contributed by atoms with Gasteiger partial charge in [-0.2, -0.15) is 0 Å². The number of likely N-dealkylation sites (tertiary alicyclic amines) is 1. The first kappa shape index (κ1) is 16.4. The van der Waals surface area contributed by atoms with Gasteiger partial charge in [0.15, 0.2) is 9.84 Å². The van der Waals surface area contributed by atoms with Crippen molar-refractivity contribution in [1.29, 1.82) is 0 Å². The molecule has 0 aromatic carbocycles. The molecular formula is C13H26N2O3S. The summed E-state index contributed by atoms with van der Waals surface area (Å²) in [6.07, 6.45) is 4.47. The van der Waals surface area contributed by atoms with Crippen LogP contribution in [0.5, 0.6) is 0 Å². The summed E-state index contributed by atoms with van der Waals surface area (Å²) in [7, 11) is -1.39. The van der Waals surface area contributed by atoms with Crippen molar-refractivity contribution < 1.29 is 13.2 Å². The van der Waals surface area contributed by atoms with Crippen molar-refractivity contribution in [3.63, 3.8) is 0 Å². The van der Waals surface area contributed by atoms with E-state index in [0.717, 1.165) is 32.2 Å². The molecule has 5 nitrogen and oxygen atoms in total. The van der Waals surface area contributed by atoms with Gasteiger partial charge in [0, 0.05) is 19.1 Å². The standard InChI is InChI=1S/C13H26N2O3S/c1-3-4-5-9-19(17,18)11-13(16)15-8-6-7-12(15)10-14-2/h12,14H,3-11H2,1-2H3. The number of amides is 1. The molecule has 0 spiro atoms. The minimum Gasteiger partial charge on any atom is -0.338 e. The molecule has 1 rings (SSSR count). The van der Waals surface area contributed by atoms with Crippen LogP contribution >= 0.6 is 0 Å². The molecule has 6 heteroatoms. The Bertz CT molecular complexity index is 381. The van der Waals surface area contributed by atoms with Gasteiger partial charge in [-0.3, -0.25) is 4.79 Å². The zero-order valence-corrected chi connectivity index (χ0v) is 12.8. The van der Waals surface area contributed by atoms with Crippen molar-refractivity contribution >= 4 is 15.7 Å². The number of hydrogen-bond acceptors (Lipinski definition) is 4.